The van der Waals surface area contributed by atoms with E-state index in [2.05, 4.69) is 0 Å². The van der Waals surface area contributed by atoms with Gasteiger partial charge in [-0.05, 0) is 25.2 Å². The second-order valence-electron chi connectivity index (χ2n) is 5.75. The molecule has 0 aliphatic heterocycles. The summed E-state index contributed by atoms with van der Waals surface area (Å²) in [5.41, 5.74) is -0.990. The molecule has 0 saturated heterocycles. The summed E-state index contributed by atoms with van der Waals surface area (Å²) in [4.78, 5) is 0. The van der Waals surface area contributed by atoms with Gasteiger partial charge in [0.2, 0.25) is 0 Å². The molecule has 0 heterocycles. The van der Waals surface area contributed by atoms with Gasteiger partial charge in [0.1, 0.15) is 0 Å². The molecule has 0 aliphatic rings. The summed E-state index contributed by atoms with van der Waals surface area (Å²) in [5.74, 6) is 0. The van der Waals surface area contributed by atoms with Crippen LogP contribution >= 0.6 is 0 Å². The Morgan fingerprint density at radius 2 is 1.50 bits per heavy atom. The summed E-state index contributed by atoms with van der Waals surface area (Å²) in [6.45, 7) is 9.77. The van der Waals surface area contributed by atoms with E-state index in [1.54, 1.807) is 6.92 Å². The van der Waals surface area contributed by atoms with Crippen LogP contribution in [0.1, 0.15) is 53.9 Å². The average molecular weight is 240 g/mol. The predicted octanol–water partition coefficient (Wildman–Crippen LogP) is 4.56. The molecule has 0 aliphatic carbocycles. The van der Waals surface area contributed by atoms with Crippen molar-refractivity contribution in [1.82, 2.24) is 0 Å². The van der Waals surface area contributed by atoms with Crippen molar-refractivity contribution >= 4 is 0 Å². The van der Waals surface area contributed by atoms with E-state index in [1.165, 1.54) is 6.92 Å². The maximum atomic E-state index is 12.3. The molecule has 0 aromatic heterocycles. The van der Waals surface area contributed by atoms with Gasteiger partial charge in [0, 0.05) is 6.61 Å². The van der Waals surface area contributed by atoms with E-state index in [0.717, 1.165) is 6.42 Å². The van der Waals surface area contributed by atoms with Crippen molar-refractivity contribution in [1.29, 1.82) is 0 Å². The highest BCUT2D eigenvalue weighted by molar-refractivity contribution is 4.77. The van der Waals surface area contributed by atoms with Gasteiger partial charge in [0.15, 0.2) is 0 Å². The molecule has 1 atom stereocenters. The lowest BCUT2D eigenvalue weighted by Gasteiger charge is -2.31. The van der Waals surface area contributed by atoms with Crippen LogP contribution in [0.5, 0.6) is 0 Å². The number of hydrogen-bond donors (Lipinski definition) is 0. The number of rotatable bonds is 5. The monoisotopic (exact) mass is 240 g/mol. The van der Waals surface area contributed by atoms with Crippen LogP contribution in [0.3, 0.4) is 0 Å². The Balaban J connectivity index is 4.18. The first-order valence-electron chi connectivity index (χ1n) is 5.68. The van der Waals surface area contributed by atoms with Gasteiger partial charge in [0.05, 0.1) is 12.0 Å². The van der Waals surface area contributed by atoms with Crippen molar-refractivity contribution < 1.29 is 17.9 Å². The van der Waals surface area contributed by atoms with Crippen LogP contribution in [-0.2, 0) is 4.74 Å². The summed E-state index contributed by atoms with van der Waals surface area (Å²) >= 11 is 0. The fourth-order valence-corrected chi connectivity index (χ4v) is 1.31. The second kappa shape index (κ2) is 5.39. The van der Waals surface area contributed by atoms with E-state index in [9.17, 15) is 13.2 Å². The zero-order valence-corrected chi connectivity index (χ0v) is 10.9. The Hall–Kier alpha value is -0.250. The first-order valence-corrected chi connectivity index (χ1v) is 5.68. The predicted molar refractivity (Wildman–Crippen MR) is 59.4 cm³/mol. The Kier molecular flexibility index (Phi) is 5.30. The Morgan fingerprint density at radius 1 is 1.00 bits per heavy atom. The van der Waals surface area contributed by atoms with Gasteiger partial charge < -0.3 is 4.74 Å². The molecule has 0 rings (SSSR count). The zero-order chi connectivity index (χ0) is 13.0. The van der Waals surface area contributed by atoms with Gasteiger partial charge in [-0.15, -0.1) is 0 Å². The smallest absolute Gasteiger partial charge is 0.375 e. The molecule has 1 nitrogen and oxygen atoms in total. The molecule has 0 N–H and O–H groups in total. The summed E-state index contributed by atoms with van der Waals surface area (Å²) < 4.78 is 42.4. The van der Waals surface area contributed by atoms with Crippen molar-refractivity contribution in [3.63, 3.8) is 0 Å². The van der Waals surface area contributed by atoms with Crippen molar-refractivity contribution in [2.45, 2.75) is 65.7 Å². The Bertz CT molecular complexity index is 205. The molecule has 0 fully saturated rings. The average Bonchev–Trinajstić information content (AvgIpc) is 1.98. The Morgan fingerprint density at radius 3 is 1.81 bits per heavy atom. The standard InChI is InChI=1S/C12H23F3O/c1-6-11(5,9-12(13,14)15)16-8-7-10(2,3)4/h6-9H2,1-5H3. The molecule has 98 valence electrons. The quantitative estimate of drug-likeness (QED) is 0.684. The lowest BCUT2D eigenvalue weighted by Crippen LogP contribution is -2.35. The number of halogens is 3. The largest absolute Gasteiger partial charge is 0.391 e. The third kappa shape index (κ3) is 7.97. The van der Waals surface area contributed by atoms with E-state index < -0.39 is 18.2 Å². The van der Waals surface area contributed by atoms with E-state index in [0.29, 0.717) is 13.0 Å². The van der Waals surface area contributed by atoms with Crippen LogP contribution < -0.4 is 0 Å². The molecular weight excluding hydrogens is 217 g/mol. The normalized spacial score (nSPS) is 17.2. The molecule has 0 bridgehead atoms. The van der Waals surface area contributed by atoms with Crippen LogP contribution in [0, 0.1) is 5.41 Å². The van der Waals surface area contributed by atoms with Crippen LogP contribution in [0.25, 0.3) is 0 Å². The van der Waals surface area contributed by atoms with Crippen molar-refractivity contribution in [2.75, 3.05) is 6.61 Å². The minimum Gasteiger partial charge on any atom is -0.375 e. The lowest BCUT2D eigenvalue weighted by molar-refractivity contribution is -0.186. The molecular formula is C12H23F3O. The summed E-state index contributed by atoms with van der Waals surface area (Å²) in [7, 11) is 0. The minimum atomic E-state index is -4.16. The van der Waals surface area contributed by atoms with Gasteiger partial charge >= 0.3 is 6.18 Å². The molecule has 1 unspecified atom stereocenters. The zero-order valence-electron chi connectivity index (χ0n) is 10.9. The third-order valence-corrected chi connectivity index (χ3v) is 2.62. The van der Waals surface area contributed by atoms with Crippen molar-refractivity contribution in [2.24, 2.45) is 5.41 Å². The highest BCUT2D eigenvalue weighted by atomic mass is 19.4. The topological polar surface area (TPSA) is 9.23 Å². The van der Waals surface area contributed by atoms with Crippen LogP contribution in [0.2, 0.25) is 0 Å². The molecule has 0 aromatic rings. The number of hydrogen-bond acceptors (Lipinski definition) is 1. The minimum absolute atomic E-state index is 0.0902. The Labute approximate surface area is 96.4 Å². The van der Waals surface area contributed by atoms with Gasteiger partial charge in [-0.1, -0.05) is 27.7 Å². The summed E-state index contributed by atoms with van der Waals surface area (Å²) in [5, 5.41) is 0. The van der Waals surface area contributed by atoms with Gasteiger partial charge in [-0.3, -0.25) is 0 Å². The second-order valence-corrected chi connectivity index (χ2v) is 5.75. The van der Waals surface area contributed by atoms with Crippen molar-refractivity contribution in [3.8, 4) is 0 Å². The maximum absolute atomic E-state index is 12.3. The number of ether oxygens (including phenoxy) is 1. The van der Waals surface area contributed by atoms with Crippen LogP contribution in [0.15, 0.2) is 0 Å². The first kappa shape index (κ1) is 15.8. The van der Waals surface area contributed by atoms with E-state index >= 15 is 0 Å². The molecule has 0 radical (unpaired) electrons. The molecule has 0 aromatic carbocycles. The number of alkyl halides is 3. The van der Waals surface area contributed by atoms with Gasteiger partial charge in [0.25, 0.3) is 0 Å². The third-order valence-electron chi connectivity index (χ3n) is 2.62. The van der Waals surface area contributed by atoms with Crippen molar-refractivity contribution in [3.05, 3.63) is 0 Å². The highest BCUT2D eigenvalue weighted by Crippen LogP contribution is 2.32. The van der Waals surface area contributed by atoms with Gasteiger partial charge in [-0.25, -0.2) is 0 Å². The summed E-state index contributed by atoms with van der Waals surface area (Å²) in [6.07, 6.45) is -3.90. The van der Waals surface area contributed by atoms with E-state index in [-0.39, 0.29) is 5.41 Å². The van der Waals surface area contributed by atoms with Gasteiger partial charge in [-0.2, -0.15) is 13.2 Å². The SMILES string of the molecule is CCC(C)(CC(F)(F)F)OCCC(C)(C)C. The fraction of sp³-hybridized carbons (Fsp3) is 1.00. The first-order chi connectivity index (χ1) is 6.97. The molecule has 0 spiro atoms. The highest BCUT2D eigenvalue weighted by Gasteiger charge is 2.39. The fourth-order valence-electron chi connectivity index (χ4n) is 1.31. The molecule has 0 saturated carbocycles. The van der Waals surface area contributed by atoms with E-state index in [4.69, 9.17) is 4.74 Å². The summed E-state index contributed by atoms with van der Waals surface area (Å²) in [6, 6.07) is 0. The molecule has 16 heavy (non-hydrogen) atoms. The lowest BCUT2D eigenvalue weighted by atomic mass is 9.92. The maximum Gasteiger partial charge on any atom is 0.391 e. The van der Waals surface area contributed by atoms with Crippen LogP contribution in [0.4, 0.5) is 13.2 Å². The molecule has 4 heteroatoms. The molecule has 0 amide bonds. The van der Waals surface area contributed by atoms with Crippen LogP contribution in [-0.4, -0.2) is 18.4 Å². The van der Waals surface area contributed by atoms with E-state index in [1.807, 2.05) is 20.8 Å².